The van der Waals surface area contributed by atoms with Gasteiger partial charge in [-0.15, -0.1) is 0 Å². The molecular weight excluding hydrogens is 757 g/mol. The van der Waals surface area contributed by atoms with Gasteiger partial charge in [0.1, 0.15) is 13.2 Å². The van der Waals surface area contributed by atoms with Crippen molar-refractivity contribution in [2.45, 2.75) is 232 Å². The van der Waals surface area contributed by atoms with Crippen LogP contribution in [0.3, 0.4) is 0 Å². The van der Waals surface area contributed by atoms with Gasteiger partial charge in [0.15, 0.2) is 6.10 Å². The van der Waals surface area contributed by atoms with Gasteiger partial charge in [-0.1, -0.05) is 221 Å². The minimum Gasteiger partial charge on any atom is -0.462 e. The van der Waals surface area contributed by atoms with Gasteiger partial charge in [0.05, 0.1) is 6.42 Å². The number of carbonyl (C=O) groups is 3. The third-order valence-electron chi connectivity index (χ3n) is 10.4. The van der Waals surface area contributed by atoms with Crippen molar-refractivity contribution in [1.29, 1.82) is 0 Å². The van der Waals surface area contributed by atoms with E-state index in [2.05, 4.69) is 93.7 Å². The summed E-state index contributed by atoms with van der Waals surface area (Å²) in [5.41, 5.74) is 0. The van der Waals surface area contributed by atoms with E-state index in [1.54, 1.807) is 6.08 Å². The zero-order valence-corrected chi connectivity index (χ0v) is 39.7. The molecule has 0 amide bonds. The van der Waals surface area contributed by atoms with Crippen molar-refractivity contribution >= 4 is 17.9 Å². The Morgan fingerprint density at radius 3 is 1.20 bits per heavy atom. The highest BCUT2D eigenvalue weighted by Crippen LogP contribution is 2.15. The van der Waals surface area contributed by atoms with Crippen molar-refractivity contribution in [3.05, 3.63) is 85.1 Å². The molecule has 0 fully saturated rings. The van der Waals surface area contributed by atoms with Crippen LogP contribution in [-0.4, -0.2) is 37.2 Å². The first kappa shape index (κ1) is 57.6. The molecule has 348 valence electrons. The molecule has 0 aromatic carbocycles. The van der Waals surface area contributed by atoms with Crippen LogP contribution in [-0.2, 0) is 28.6 Å². The first-order valence-corrected chi connectivity index (χ1v) is 25.1. The summed E-state index contributed by atoms with van der Waals surface area (Å²) in [6.07, 6.45) is 63.3. The summed E-state index contributed by atoms with van der Waals surface area (Å²) in [5.74, 6) is -1.11. The van der Waals surface area contributed by atoms with Gasteiger partial charge in [0.25, 0.3) is 0 Å². The minimum absolute atomic E-state index is 0.126. The van der Waals surface area contributed by atoms with Gasteiger partial charge in [-0.05, 0) is 70.6 Å². The lowest BCUT2D eigenvalue weighted by molar-refractivity contribution is -0.166. The largest absolute Gasteiger partial charge is 0.462 e. The predicted octanol–water partition coefficient (Wildman–Crippen LogP) is 16.4. The number of rotatable bonds is 44. The molecule has 0 aliphatic carbocycles. The highest BCUT2D eigenvalue weighted by Gasteiger charge is 2.19. The van der Waals surface area contributed by atoms with Crippen molar-refractivity contribution in [1.82, 2.24) is 0 Å². The molecule has 0 rings (SSSR count). The lowest BCUT2D eigenvalue weighted by Gasteiger charge is -2.18. The van der Waals surface area contributed by atoms with Crippen LogP contribution in [0.5, 0.6) is 0 Å². The molecule has 0 spiro atoms. The molecule has 0 aliphatic heterocycles. The van der Waals surface area contributed by atoms with Crippen molar-refractivity contribution in [3.8, 4) is 0 Å². The first-order chi connectivity index (χ1) is 30.0. The maximum atomic E-state index is 12.8. The van der Waals surface area contributed by atoms with Gasteiger partial charge in [-0.2, -0.15) is 0 Å². The summed E-state index contributed by atoms with van der Waals surface area (Å²) < 4.78 is 16.6. The molecule has 61 heavy (non-hydrogen) atoms. The molecule has 0 heterocycles. The van der Waals surface area contributed by atoms with E-state index in [0.717, 1.165) is 64.2 Å². The first-order valence-electron chi connectivity index (χ1n) is 25.1. The molecule has 0 bridgehead atoms. The number of allylic oxidation sites excluding steroid dienone is 13. The maximum Gasteiger partial charge on any atom is 0.309 e. The van der Waals surface area contributed by atoms with E-state index in [9.17, 15) is 14.4 Å². The van der Waals surface area contributed by atoms with Crippen LogP contribution in [0, 0.1) is 0 Å². The Balaban J connectivity index is 4.45. The molecule has 0 N–H and O–H groups in total. The number of unbranched alkanes of at least 4 members (excludes halogenated alkanes) is 20. The topological polar surface area (TPSA) is 78.9 Å². The highest BCUT2D eigenvalue weighted by molar-refractivity contribution is 5.72. The third kappa shape index (κ3) is 47.5. The van der Waals surface area contributed by atoms with Crippen LogP contribution in [0.2, 0.25) is 0 Å². The molecular formula is C55H92O6. The Kier molecular flexibility index (Phi) is 46.5. The summed E-state index contributed by atoms with van der Waals surface area (Å²) in [4.78, 5) is 37.7. The molecule has 6 nitrogen and oxygen atoms in total. The molecule has 0 saturated carbocycles. The van der Waals surface area contributed by atoms with E-state index in [4.69, 9.17) is 14.2 Å². The predicted molar refractivity (Wildman–Crippen MR) is 261 cm³/mol. The second kappa shape index (κ2) is 49.2. The Morgan fingerprint density at radius 1 is 0.361 bits per heavy atom. The molecule has 1 unspecified atom stereocenters. The fraction of sp³-hybridized carbons (Fsp3) is 0.691. The van der Waals surface area contributed by atoms with Crippen molar-refractivity contribution < 1.29 is 28.6 Å². The van der Waals surface area contributed by atoms with Crippen molar-refractivity contribution in [2.24, 2.45) is 0 Å². The van der Waals surface area contributed by atoms with Crippen LogP contribution in [0.1, 0.15) is 226 Å². The fourth-order valence-electron chi connectivity index (χ4n) is 6.67. The molecule has 0 radical (unpaired) electrons. The SMILES string of the molecule is CC/C=C\C/C=C\C/C=C\CC(=O)OCC(COC(=O)CCC/C=C\C/C=C\C/C=C\C/C=C\CCCCC)OC(=O)CCCCCCCCCCCCCCCCCCC. The molecule has 6 heteroatoms. The van der Waals surface area contributed by atoms with E-state index >= 15 is 0 Å². The number of carbonyl (C=O) groups excluding carboxylic acids is 3. The number of hydrogen-bond acceptors (Lipinski definition) is 6. The molecule has 0 saturated heterocycles. The van der Waals surface area contributed by atoms with E-state index < -0.39 is 12.1 Å². The minimum atomic E-state index is -0.831. The Labute approximate surface area is 375 Å². The smallest absolute Gasteiger partial charge is 0.309 e. The van der Waals surface area contributed by atoms with E-state index in [-0.39, 0.29) is 38.0 Å². The van der Waals surface area contributed by atoms with Gasteiger partial charge in [0, 0.05) is 12.8 Å². The van der Waals surface area contributed by atoms with Gasteiger partial charge in [-0.3, -0.25) is 14.4 Å². The summed E-state index contributed by atoms with van der Waals surface area (Å²) in [6.45, 7) is 6.35. The highest BCUT2D eigenvalue weighted by atomic mass is 16.6. The van der Waals surface area contributed by atoms with Crippen LogP contribution in [0.15, 0.2) is 85.1 Å². The van der Waals surface area contributed by atoms with Crippen LogP contribution >= 0.6 is 0 Å². The lowest BCUT2D eigenvalue weighted by Crippen LogP contribution is -2.30. The quantitative estimate of drug-likeness (QED) is 0.0263. The van der Waals surface area contributed by atoms with Gasteiger partial charge in [0.2, 0.25) is 0 Å². The maximum absolute atomic E-state index is 12.8. The standard InChI is InChI=1S/C55H92O6/c1-4-7-10-13-16-19-21-23-25-27-29-31-33-36-39-42-45-48-54(57)60-51-52(50-59-53(56)47-44-41-38-35-18-15-12-9-6-3)61-55(58)49-46-43-40-37-34-32-30-28-26-24-22-20-17-14-11-8-5-2/h9,12,16,18-19,23,25,29,31,35-36,39,41,44,52H,4-8,10-11,13-15,17,20-22,24,26-28,30,32-34,37-38,40,42-43,45-51H2,1-3H3/b12-9-,19-16-,25-23-,31-29-,35-18-,39-36-,44-41-. The second-order valence-electron chi connectivity index (χ2n) is 16.4. The Morgan fingerprint density at radius 2 is 0.721 bits per heavy atom. The monoisotopic (exact) mass is 849 g/mol. The van der Waals surface area contributed by atoms with Gasteiger partial charge >= 0.3 is 17.9 Å². The lowest BCUT2D eigenvalue weighted by atomic mass is 10.0. The van der Waals surface area contributed by atoms with Crippen LogP contribution in [0.4, 0.5) is 0 Å². The van der Waals surface area contributed by atoms with E-state index in [1.165, 1.54) is 116 Å². The van der Waals surface area contributed by atoms with Crippen LogP contribution in [0.25, 0.3) is 0 Å². The van der Waals surface area contributed by atoms with E-state index in [1.807, 2.05) is 6.08 Å². The third-order valence-corrected chi connectivity index (χ3v) is 10.4. The van der Waals surface area contributed by atoms with Gasteiger partial charge in [-0.25, -0.2) is 0 Å². The van der Waals surface area contributed by atoms with Gasteiger partial charge < -0.3 is 14.2 Å². The summed E-state index contributed by atoms with van der Waals surface area (Å²) >= 11 is 0. The average Bonchev–Trinajstić information content (AvgIpc) is 3.26. The number of hydrogen-bond donors (Lipinski definition) is 0. The molecule has 0 aromatic heterocycles. The number of esters is 3. The van der Waals surface area contributed by atoms with E-state index in [0.29, 0.717) is 12.8 Å². The molecule has 0 aliphatic rings. The zero-order valence-electron chi connectivity index (χ0n) is 39.7. The van der Waals surface area contributed by atoms with Crippen molar-refractivity contribution in [3.63, 3.8) is 0 Å². The van der Waals surface area contributed by atoms with Crippen LogP contribution < -0.4 is 0 Å². The summed E-state index contributed by atoms with van der Waals surface area (Å²) in [7, 11) is 0. The summed E-state index contributed by atoms with van der Waals surface area (Å²) in [6, 6.07) is 0. The Hall–Kier alpha value is -3.41. The number of ether oxygens (including phenoxy) is 3. The summed E-state index contributed by atoms with van der Waals surface area (Å²) in [5, 5.41) is 0. The Bertz CT molecular complexity index is 1200. The molecule has 1 atom stereocenters. The molecule has 0 aromatic rings. The average molecular weight is 849 g/mol. The zero-order chi connectivity index (χ0) is 44.4. The fourth-order valence-corrected chi connectivity index (χ4v) is 6.67. The normalized spacial score (nSPS) is 12.8. The van der Waals surface area contributed by atoms with Crippen molar-refractivity contribution in [2.75, 3.05) is 13.2 Å². The second-order valence-corrected chi connectivity index (χ2v) is 16.4.